The van der Waals surface area contributed by atoms with Crippen LogP contribution in [0.1, 0.15) is 13.8 Å². The molecule has 0 radical (unpaired) electrons. The van der Waals surface area contributed by atoms with Crippen LogP contribution < -0.4 is 0 Å². The Morgan fingerprint density at radius 2 is 2.07 bits per heavy atom. The van der Waals surface area contributed by atoms with E-state index in [1.807, 2.05) is 0 Å². The second-order valence-corrected chi connectivity index (χ2v) is 2.98. The van der Waals surface area contributed by atoms with Crippen molar-refractivity contribution in [2.75, 3.05) is 13.7 Å². The second kappa shape index (κ2) is 6.37. The number of Topliss-reactive ketones (excluding diaryl/α,β-unsaturated/α-hetero) is 1. The van der Waals surface area contributed by atoms with Gasteiger partial charge in [-0.25, -0.2) is 4.79 Å². The third kappa shape index (κ3) is 3.74. The Morgan fingerprint density at radius 1 is 1.50 bits per heavy atom. The monoisotopic (exact) mass is 221 g/mol. The molecule has 0 saturated carbocycles. The lowest BCUT2D eigenvalue weighted by Gasteiger charge is -2.04. The molecule has 0 aliphatic carbocycles. The van der Waals surface area contributed by atoms with Crippen LogP contribution in [0.4, 0.5) is 0 Å². The number of hydrogen-bond donors (Lipinski definition) is 0. The van der Waals surface area contributed by atoms with Crippen LogP contribution in [0.15, 0.2) is 5.16 Å². The van der Waals surface area contributed by atoms with Crippen molar-refractivity contribution in [3.05, 3.63) is 0 Å². The van der Waals surface area contributed by atoms with Crippen molar-refractivity contribution < 1.29 is 19.2 Å². The van der Waals surface area contributed by atoms with Crippen LogP contribution in [-0.4, -0.2) is 36.6 Å². The summed E-state index contributed by atoms with van der Waals surface area (Å²) in [6.07, 6.45) is 0. The number of oxime groups is 1. The fraction of sp³-hybridized carbons (Fsp3) is 0.625. The van der Waals surface area contributed by atoms with E-state index in [2.05, 4.69) is 14.7 Å². The molecule has 0 heterocycles. The van der Waals surface area contributed by atoms with E-state index in [4.69, 9.17) is 11.6 Å². The molecule has 0 fully saturated rings. The summed E-state index contributed by atoms with van der Waals surface area (Å²) in [5.74, 6) is -1.45. The summed E-state index contributed by atoms with van der Waals surface area (Å²) in [4.78, 5) is 26.8. The topological polar surface area (TPSA) is 65.0 Å². The molecule has 0 aromatic heterocycles. The van der Waals surface area contributed by atoms with Gasteiger partial charge in [0.25, 0.3) is 0 Å². The highest BCUT2D eigenvalue weighted by molar-refractivity contribution is 6.68. The normalized spacial score (nSPS) is 13.3. The summed E-state index contributed by atoms with van der Waals surface area (Å²) in [6, 6.07) is 0. The minimum absolute atomic E-state index is 0.158. The van der Waals surface area contributed by atoms with Gasteiger partial charge in [-0.15, -0.1) is 11.6 Å². The molecular weight excluding hydrogens is 210 g/mol. The lowest BCUT2D eigenvalue weighted by molar-refractivity contribution is -0.136. The highest BCUT2D eigenvalue weighted by atomic mass is 35.5. The van der Waals surface area contributed by atoms with Crippen molar-refractivity contribution in [3.8, 4) is 0 Å². The second-order valence-electron chi connectivity index (χ2n) is 2.32. The molecule has 0 rings (SSSR count). The van der Waals surface area contributed by atoms with Crippen LogP contribution in [-0.2, 0) is 19.2 Å². The van der Waals surface area contributed by atoms with Gasteiger partial charge in [-0.1, -0.05) is 5.16 Å². The van der Waals surface area contributed by atoms with E-state index in [1.54, 1.807) is 6.92 Å². The van der Waals surface area contributed by atoms with E-state index in [9.17, 15) is 9.59 Å². The average Bonchev–Trinajstić information content (AvgIpc) is 2.13. The molecule has 0 aromatic rings. The molecular formula is C8H12ClNO4. The van der Waals surface area contributed by atoms with Crippen LogP contribution in [0, 0.1) is 0 Å². The summed E-state index contributed by atoms with van der Waals surface area (Å²) in [5.41, 5.74) is -0.420. The van der Waals surface area contributed by atoms with E-state index >= 15 is 0 Å². The first-order valence-corrected chi connectivity index (χ1v) is 4.44. The van der Waals surface area contributed by atoms with E-state index in [0.29, 0.717) is 0 Å². The van der Waals surface area contributed by atoms with Gasteiger partial charge in [0, 0.05) is 0 Å². The molecule has 0 saturated heterocycles. The number of esters is 1. The fourth-order valence-electron chi connectivity index (χ4n) is 0.662. The van der Waals surface area contributed by atoms with Gasteiger partial charge in [0.05, 0.1) is 12.0 Å². The highest BCUT2D eigenvalue weighted by Gasteiger charge is 2.26. The summed E-state index contributed by atoms with van der Waals surface area (Å²) < 4.78 is 4.60. The van der Waals surface area contributed by atoms with Crippen molar-refractivity contribution in [2.45, 2.75) is 19.2 Å². The Balaban J connectivity index is 4.69. The average molecular weight is 222 g/mol. The first kappa shape index (κ1) is 12.9. The number of carbonyl (C=O) groups excluding carboxylic acids is 2. The van der Waals surface area contributed by atoms with E-state index in [0.717, 1.165) is 0 Å². The quantitative estimate of drug-likeness (QED) is 0.226. The smallest absolute Gasteiger partial charge is 0.364 e. The molecule has 1 atom stereocenters. The molecule has 0 N–H and O–H groups in total. The molecule has 6 heteroatoms. The summed E-state index contributed by atoms with van der Waals surface area (Å²) >= 11 is 5.51. The molecule has 0 spiro atoms. The van der Waals surface area contributed by atoms with E-state index in [-0.39, 0.29) is 6.61 Å². The summed E-state index contributed by atoms with van der Waals surface area (Å²) in [7, 11) is 1.23. The molecule has 0 amide bonds. The molecule has 14 heavy (non-hydrogen) atoms. The van der Waals surface area contributed by atoms with Crippen molar-refractivity contribution in [1.82, 2.24) is 0 Å². The van der Waals surface area contributed by atoms with Crippen molar-refractivity contribution >= 4 is 29.1 Å². The Hall–Kier alpha value is -1.10. The maximum atomic E-state index is 11.3. The lowest BCUT2D eigenvalue weighted by atomic mass is 10.2. The summed E-state index contributed by atoms with van der Waals surface area (Å²) in [6.45, 7) is 3.22. The molecule has 5 nitrogen and oxygen atoms in total. The zero-order chi connectivity index (χ0) is 11.1. The van der Waals surface area contributed by atoms with Crippen LogP contribution in [0.25, 0.3) is 0 Å². The molecule has 0 aliphatic rings. The Kier molecular flexibility index (Phi) is 5.87. The maximum Gasteiger partial charge on any atom is 0.364 e. The number of alkyl halides is 1. The first-order valence-electron chi connectivity index (χ1n) is 4.01. The predicted molar refractivity (Wildman–Crippen MR) is 51.4 cm³/mol. The van der Waals surface area contributed by atoms with E-state index in [1.165, 1.54) is 14.0 Å². The number of ketones is 1. The lowest BCUT2D eigenvalue weighted by Crippen LogP contribution is -2.31. The minimum Gasteiger partial charge on any atom is -0.461 e. The van der Waals surface area contributed by atoms with Gasteiger partial charge < -0.3 is 9.57 Å². The number of rotatable bonds is 5. The van der Waals surface area contributed by atoms with E-state index < -0.39 is 22.8 Å². The molecule has 0 bridgehead atoms. The Labute approximate surface area is 87.0 Å². The Bertz CT molecular complexity index is 250. The standard InChI is InChI=1S/C8H12ClNO4/c1-4-14-8(12)6(10-13-3)7(11)5(2)9/h5H,4H2,1-3H3/b10-6+. The molecule has 80 valence electrons. The van der Waals surface area contributed by atoms with Crippen LogP contribution in [0.2, 0.25) is 0 Å². The maximum absolute atomic E-state index is 11.3. The SMILES string of the molecule is CCOC(=O)/C(=N/OC)C(=O)C(C)Cl. The predicted octanol–water partition coefficient (Wildman–Crippen LogP) is 0.748. The van der Waals surface area contributed by atoms with Gasteiger partial charge in [-0.2, -0.15) is 0 Å². The van der Waals surface area contributed by atoms with Gasteiger partial charge in [-0.05, 0) is 13.8 Å². The third-order valence-electron chi connectivity index (χ3n) is 1.25. The number of ether oxygens (including phenoxy) is 1. The Morgan fingerprint density at radius 3 is 2.43 bits per heavy atom. The van der Waals surface area contributed by atoms with Crippen LogP contribution >= 0.6 is 11.6 Å². The number of hydrogen-bond acceptors (Lipinski definition) is 5. The van der Waals surface area contributed by atoms with Crippen molar-refractivity contribution in [2.24, 2.45) is 5.16 Å². The first-order chi connectivity index (χ1) is 6.54. The van der Waals surface area contributed by atoms with Crippen molar-refractivity contribution in [1.29, 1.82) is 0 Å². The van der Waals surface area contributed by atoms with Crippen LogP contribution in [0.3, 0.4) is 0 Å². The summed E-state index contributed by atoms with van der Waals surface area (Å²) in [5, 5.41) is 2.43. The molecule has 0 aromatic carbocycles. The fourth-order valence-corrected chi connectivity index (χ4v) is 0.765. The van der Waals surface area contributed by atoms with Gasteiger partial charge in [0.2, 0.25) is 11.5 Å². The zero-order valence-corrected chi connectivity index (χ0v) is 9.00. The van der Waals surface area contributed by atoms with Gasteiger partial charge >= 0.3 is 5.97 Å². The van der Waals surface area contributed by atoms with Gasteiger partial charge in [0.1, 0.15) is 7.11 Å². The molecule has 0 aliphatic heterocycles. The van der Waals surface area contributed by atoms with Gasteiger partial charge in [0.15, 0.2) is 0 Å². The zero-order valence-electron chi connectivity index (χ0n) is 8.24. The van der Waals surface area contributed by atoms with Gasteiger partial charge in [-0.3, -0.25) is 4.79 Å². The largest absolute Gasteiger partial charge is 0.461 e. The van der Waals surface area contributed by atoms with Crippen molar-refractivity contribution in [3.63, 3.8) is 0 Å². The third-order valence-corrected chi connectivity index (χ3v) is 1.44. The molecule has 1 unspecified atom stereocenters. The minimum atomic E-state index is -0.840. The highest BCUT2D eigenvalue weighted by Crippen LogP contribution is 2.00. The number of halogens is 1. The number of nitrogens with zero attached hydrogens (tertiary/aromatic N) is 1. The van der Waals surface area contributed by atoms with Crippen LogP contribution in [0.5, 0.6) is 0 Å². The number of carbonyl (C=O) groups is 2.